The minimum absolute atomic E-state index is 0.896. The molecule has 26 heavy (non-hydrogen) atoms. The molecule has 0 atom stereocenters. The van der Waals surface area contributed by atoms with Crippen molar-refractivity contribution in [3.63, 3.8) is 0 Å². The Hall–Kier alpha value is -3.52. The summed E-state index contributed by atoms with van der Waals surface area (Å²) in [4.78, 5) is 9.54. The minimum Gasteiger partial charge on any atom is -0.254 e. The Labute approximate surface area is 151 Å². The number of nitrogens with zero attached hydrogens (tertiary/aromatic N) is 2. The van der Waals surface area contributed by atoms with Crippen LogP contribution >= 0.6 is 0 Å². The molecular formula is C24H16N2. The number of hydrogen-bond acceptors (Lipinski definition) is 2. The molecule has 0 fully saturated rings. The van der Waals surface area contributed by atoms with Gasteiger partial charge in [-0.05, 0) is 34.4 Å². The summed E-state index contributed by atoms with van der Waals surface area (Å²) in [6, 6.07) is 31.2. The summed E-state index contributed by atoms with van der Waals surface area (Å²) in [6.07, 6.45) is 1.88. The number of hydrogen-bond donors (Lipinski definition) is 0. The number of pyridine rings is 2. The second-order valence-corrected chi connectivity index (χ2v) is 6.32. The van der Waals surface area contributed by atoms with Gasteiger partial charge in [-0.1, -0.05) is 72.8 Å². The van der Waals surface area contributed by atoms with E-state index in [0.717, 1.165) is 28.0 Å². The molecule has 0 aliphatic heterocycles. The predicted octanol–water partition coefficient (Wildman–Crippen LogP) is 6.12. The van der Waals surface area contributed by atoms with Crippen molar-refractivity contribution in [3.8, 4) is 22.6 Å². The van der Waals surface area contributed by atoms with Gasteiger partial charge in [0.25, 0.3) is 0 Å². The second-order valence-electron chi connectivity index (χ2n) is 6.32. The highest BCUT2D eigenvalue weighted by Crippen LogP contribution is 2.31. The van der Waals surface area contributed by atoms with E-state index in [9.17, 15) is 0 Å². The van der Waals surface area contributed by atoms with E-state index in [2.05, 4.69) is 59.6 Å². The fraction of sp³-hybridized carbons (Fsp3) is 0. The average Bonchev–Trinajstić information content (AvgIpc) is 2.74. The maximum Gasteiger partial charge on any atom is 0.0964 e. The van der Waals surface area contributed by atoms with Crippen LogP contribution in [-0.2, 0) is 0 Å². The van der Waals surface area contributed by atoms with E-state index >= 15 is 0 Å². The molecule has 5 rings (SSSR count). The highest BCUT2D eigenvalue weighted by atomic mass is 14.8. The lowest BCUT2D eigenvalue weighted by Gasteiger charge is -2.09. The van der Waals surface area contributed by atoms with Gasteiger partial charge in [-0.3, -0.25) is 4.98 Å². The lowest BCUT2D eigenvalue weighted by molar-refractivity contribution is 1.27. The molecule has 0 bridgehead atoms. The van der Waals surface area contributed by atoms with E-state index < -0.39 is 0 Å². The zero-order valence-electron chi connectivity index (χ0n) is 14.1. The molecule has 0 aliphatic rings. The molecule has 0 saturated heterocycles. The third kappa shape index (κ3) is 2.44. The molecule has 5 aromatic rings. The highest BCUT2D eigenvalue weighted by Gasteiger charge is 2.10. The van der Waals surface area contributed by atoms with Gasteiger partial charge in [0.2, 0.25) is 0 Å². The second kappa shape index (κ2) is 6.08. The summed E-state index contributed by atoms with van der Waals surface area (Å²) in [5, 5.41) is 4.82. The Balaban J connectivity index is 1.74. The van der Waals surface area contributed by atoms with Crippen molar-refractivity contribution in [2.24, 2.45) is 0 Å². The van der Waals surface area contributed by atoms with E-state index in [1.54, 1.807) is 0 Å². The van der Waals surface area contributed by atoms with Gasteiger partial charge in [-0.2, -0.15) is 0 Å². The fourth-order valence-electron chi connectivity index (χ4n) is 3.48. The third-order valence-corrected chi connectivity index (χ3v) is 4.73. The van der Waals surface area contributed by atoms with E-state index in [1.165, 1.54) is 16.2 Å². The van der Waals surface area contributed by atoms with E-state index in [0.29, 0.717) is 0 Å². The first kappa shape index (κ1) is 14.8. The maximum absolute atomic E-state index is 4.88. The van der Waals surface area contributed by atoms with E-state index in [4.69, 9.17) is 4.98 Å². The standard InChI is InChI=1S/C24H16N2/c1-2-8-18(9-3-1)22-11-6-12-23(26-22)24-21-14-13-17-7-4-5-10-19(17)20(21)15-16-25-24/h1-16H. The molecule has 0 amide bonds. The van der Waals surface area contributed by atoms with Crippen LogP contribution in [0.1, 0.15) is 0 Å². The molecule has 0 spiro atoms. The minimum atomic E-state index is 0.896. The molecule has 0 unspecified atom stereocenters. The third-order valence-electron chi connectivity index (χ3n) is 4.73. The zero-order valence-corrected chi connectivity index (χ0v) is 14.1. The topological polar surface area (TPSA) is 25.8 Å². The first-order valence-electron chi connectivity index (χ1n) is 8.69. The van der Waals surface area contributed by atoms with Gasteiger partial charge >= 0.3 is 0 Å². The van der Waals surface area contributed by atoms with Crippen LogP contribution in [0.3, 0.4) is 0 Å². The van der Waals surface area contributed by atoms with Crippen LogP contribution in [0.25, 0.3) is 44.2 Å². The summed E-state index contributed by atoms with van der Waals surface area (Å²) in [7, 11) is 0. The summed E-state index contributed by atoms with van der Waals surface area (Å²) in [5.41, 5.74) is 3.89. The van der Waals surface area contributed by atoms with Gasteiger partial charge in [-0.25, -0.2) is 4.98 Å². The SMILES string of the molecule is c1ccc(-c2cccc(-c3nccc4c3ccc3ccccc34)n2)cc1. The number of rotatable bonds is 2. The Morgan fingerprint density at radius 2 is 1.31 bits per heavy atom. The van der Waals surface area contributed by atoms with Crippen molar-refractivity contribution < 1.29 is 0 Å². The summed E-state index contributed by atoms with van der Waals surface area (Å²) in [6.45, 7) is 0. The smallest absolute Gasteiger partial charge is 0.0964 e. The Morgan fingerprint density at radius 3 is 2.23 bits per heavy atom. The quantitative estimate of drug-likeness (QED) is 0.364. The van der Waals surface area contributed by atoms with Gasteiger partial charge in [0.05, 0.1) is 17.1 Å². The van der Waals surface area contributed by atoms with Crippen LogP contribution in [0.15, 0.2) is 97.2 Å². The van der Waals surface area contributed by atoms with Gasteiger partial charge in [0, 0.05) is 17.1 Å². The lowest BCUT2D eigenvalue weighted by Crippen LogP contribution is -1.92. The molecule has 122 valence electrons. The number of aromatic nitrogens is 2. The van der Waals surface area contributed by atoms with Crippen LogP contribution in [0.2, 0.25) is 0 Å². The van der Waals surface area contributed by atoms with Gasteiger partial charge in [0.1, 0.15) is 0 Å². The monoisotopic (exact) mass is 332 g/mol. The van der Waals surface area contributed by atoms with Gasteiger partial charge in [-0.15, -0.1) is 0 Å². The fourth-order valence-corrected chi connectivity index (χ4v) is 3.48. The van der Waals surface area contributed by atoms with Crippen LogP contribution in [0.4, 0.5) is 0 Å². The van der Waals surface area contributed by atoms with Gasteiger partial charge < -0.3 is 0 Å². The van der Waals surface area contributed by atoms with E-state index in [-0.39, 0.29) is 0 Å². The highest BCUT2D eigenvalue weighted by molar-refractivity contribution is 6.10. The normalized spacial score (nSPS) is 11.1. The lowest BCUT2D eigenvalue weighted by atomic mass is 10.0. The van der Waals surface area contributed by atoms with Crippen molar-refractivity contribution in [1.29, 1.82) is 0 Å². The molecule has 2 aromatic heterocycles. The van der Waals surface area contributed by atoms with Crippen molar-refractivity contribution in [3.05, 3.63) is 97.2 Å². The first-order chi connectivity index (χ1) is 12.9. The number of benzene rings is 3. The molecule has 0 radical (unpaired) electrons. The average molecular weight is 332 g/mol. The summed E-state index contributed by atoms with van der Waals surface area (Å²) in [5.74, 6) is 0. The first-order valence-corrected chi connectivity index (χ1v) is 8.69. The van der Waals surface area contributed by atoms with Crippen LogP contribution in [0.5, 0.6) is 0 Å². The van der Waals surface area contributed by atoms with Crippen LogP contribution < -0.4 is 0 Å². The molecular weight excluding hydrogens is 316 g/mol. The Bertz CT molecular complexity index is 1230. The van der Waals surface area contributed by atoms with Crippen molar-refractivity contribution in [1.82, 2.24) is 9.97 Å². The maximum atomic E-state index is 4.88. The van der Waals surface area contributed by atoms with Crippen molar-refractivity contribution in [2.75, 3.05) is 0 Å². The van der Waals surface area contributed by atoms with Crippen LogP contribution in [-0.4, -0.2) is 9.97 Å². The molecule has 0 saturated carbocycles. The summed E-state index contributed by atoms with van der Waals surface area (Å²) >= 11 is 0. The zero-order chi connectivity index (χ0) is 17.3. The summed E-state index contributed by atoms with van der Waals surface area (Å²) < 4.78 is 0. The molecule has 2 heterocycles. The number of fused-ring (bicyclic) bond motifs is 3. The molecule has 0 N–H and O–H groups in total. The molecule has 3 aromatic carbocycles. The Morgan fingerprint density at radius 1 is 0.500 bits per heavy atom. The van der Waals surface area contributed by atoms with Gasteiger partial charge in [0.15, 0.2) is 0 Å². The Kier molecular flexibility index (Phi) is 3.46. The molecule has 2 nitrogen and oxygen atoms in total. The van der Waals surface area contributed by atoms with Crippen molar-refractivity contribution in [2.45, 2.75) is 0 Å². The van der Waals surface area contributed by atoms with Crippen molar-refractivity contribution >= 4 is 21.5 Å². The molecule has 2 heteroatoms. The largest absolute Gasteiger partial charge is 0.254 e. The van der Waals surface area contributed by atoms with Crippen LogP contribution in [0, 0.1) is 0 Å². The van der Waals surface area contributed by atoms with E-state index in [1.807, 2.05) is 42.6 Å². The molecule has 0 aliphatic carbocycles. The predicted molar refractivity (Wildman–Crippen MR) is 108 cm³/mol.